The number of fused-ring (bicyclic) bond motifs is 1. The molecule has 2 heterocycles. The molecular formula is C22H31N5O2S. The normalized spacial score (nSPS) is 15.6. The molecule has 0 radical (unpaired) electrons. The molecule has 1 aliphatic heterocycles. The summed E-state index contributed by atoms with van der Waals surface area (Å²) >= 11 is 1.60. The molecule has 1 aliphatic rings. The lowest BCUT2D eigenvalue weighted by atomic mass is 9.95. The molecule has 3 N–H and O–H groups in total. The van der Waals surface area contributed by atoms with Crippen molar-refractivity contribution in [3.05, 3.63) is 41.1 Å². The monoisotopic (exact) mass is 429 g/mol. The van der Waals surface area contributed by atoms with Crippen LogP contribution in [-0.4, -0.2) is 33.0 Å². The van der Waals surface area contributed by atoms with E-state index in [2.05, 4.69) is 29.2 Å². The van der Waals surface area contributed by atoms with Gasteiger partial charge in [0.2, 0.25) is 17.0 Å². The average molecular weight is 430 g/mol. The molecule has 7 nitrogen and oxygen atoms in total. The minimum Gasteiger partial charge on any atom is -0.494 e. The van der Waals surface area contributed by atoms with Crippen molar-refractivity contribution < 1.29 is 9.53 Å². The number of benzene rings is 1. The largest absolute Gasteiger partial charge is 0.494 e. The van der Waals surface area contributed by atoms with Crippen LogP contribution in [0.3, 0.4) is 0 Å². The fourth-order valence-electron chi connectivity index (χ4n) is 3.48. The Hall–Kier alpha value is -2.48. The lowest BCUT2D eigenvalue weighted by Crippen LogP contribution is -2.31. The van der Waals surface area contributed by atoms with Gasteiger partial charge in [-0.15, -0.1) is 5.10 Å². The molecule has 1 aromatic carbocycles. The maximum absolute atomic E-state index is 12.3. The lowest BCUT2D eigenvalue weighted by Gasteiger charge is -2.27. The summed E-state index contributed by atoms with van der Waals surface area (Å²) in [5.74, 6) is 1.92. The summed E-state index contributed by atoms with van der Waals surface area (Å²) in [6.07, 6.45) is 5.72. The summed E-state index contributed by atoms with van der Waals surface area (Å²) in [5, 5.41) is 8.51. The van der Waals surface area contributed by atoms with Gasteiger partial charge in [0.05, 0.1) is 12.2 Å². The molecule has 0 fully saturated rings. The molecular weight excluding hydrogens is 398 g/mol. The van der Waals surface area contributed by atoms with Crippen LogP contribution in [0.2, 0.25) is 0 Å². The second-order valence-electron chi connectivity index (χ2n) is 7.42. The number of aromatic nitrogens is 3. The number of anilines is 1. The number of amides is 1. The van der Waals surface area contributed by atoms with Crippen LogP contribution in [0.25, 0.3) is 0 Å². The van der Waals surface area contributed by atoms with Crippen LogP contribution in [0.5, 0.6) is 5.75 Å². The number of primary amides is 1. The van der Waals surface area contributed by atoms with Crippen LogP contribution in [-0.2, 0) is 4.79 Å². The van der Waals surface area contributed by atoms with Gasteiger partial charge in [-0.2, -0.15) is 4.98 Å². The molecule has 1 aromatic heterocycles. The highest BCUT2D eigenvalue weighted by Crippen LogP contribution is 2.36. The van der Waals surface area contributed by atoms with Crippen molar-refractivity contribution in [2.45, 2.75) is 64.1 Å². The smallest absolute Gasteiger partial charge is 0.248 e. The first kappa shape index (κ1) is 22.2. The van der Waals surface area contributed by atoms with E-state index < -0.39 is 11.9 Å². The zero-order chi connectivity index (χ0) is 21.5. The van der Waals surface area contributed by atoms with Crippen molar-refractivity contribution in [3.63, 3.8) is 0 Å². The summed E-state index contributed by atoms with van der Waals surface area (Å²) in [6, 6.07) is 7.40. The van der Waals surface area contributed by atoms with Crippen molar-refractivity contribution in [3.8, 4) is 5.75 Å². The standard InChI is InChI=1S/C22H31N5O2S/c1-4-6-7-8-13-29-17-11-9-16(10-12-17)19-18(20(23)28)15(3)24-21-25-22(26-27(19)21)30-14-5-2/h9-12,19H,4-8,13-14H2,1-3H3,(H2,23,28)(H,24,25,26). The number of nitrogens with zero attached hydrogens (tertiary/aromatic N) is 3. The highest BCUT2D eigenvalue weighted by molar-refractivity contribution is 7.99. The Morgan fingerprint density at radius 3 is 2.63 bits per heavy atom. The van der Waals surface area contributed by atoms with E-state index in [1.165, 1.54) is 19.3 Å². The zero-order valence-corrected chi connectivity index (χ0v) is 18.8. The number of hydrogen-bond acceptors (Lipinski definition) is 6. The fraction of sp³-hybridized carbons (Fsp3) is 0.500. The molecule has 2 aromatic rings. The molecule has 30 heavy (non-hydrogen) atoms. The number of allylic oxidation sites excluding steroid dienone is 1. The second kappa shape index (κ2) is 10.5. The van der Waals surface area contributed by atoms with Gasteiger partial charge in [0, 0.05) is 11.4 Å². The van der Waals surface area contributed by atoms with Crippen LogP contribution in [0, 0.1) is 0 Å². The van der Waals surface area contributed by atoms with Crippen LogP contribution in [0.15, 0.2) is 40.7 Å². The average Bonchev–Trinajstić information content (AvgIpc) is 3.13. The van der Waals surface area contributed by atoms with Crippen molar-refractivity contribution in [1.82, 2.24) is 14.8 Å². The number of nitrogens with one attached hydrogen (secondary N) is 1. The Kier molecular flexibility index (Phi) is 7.79. The number of hydrogen-bond donors (Lipinski definition) is 2. The van der Waals surface area contributed by atoms with Gasteiger partial charge in [-0.1, -0.05) is 57.0 Å². The Bertz CT molecular complexity index is 891. The van der Waals surface area contributed by atoms with Crippen molar-refractivity contribution in [2.24, 2.45) is 5.73 Å². The maximum atomic E-state index is 12.3. The molecule has 1 atom stereocenters. The Morgan fingerprint density at radius 2 is 1.97 bits per heavy atom. The SMILES string of the molecule is CCCCCCOc1ccc(C2C(C(N)=O)=C(C)Nc3nc(SCCC)nn32)cc1. The number of carbonyl (C=O) groups is 1. The molecule has 3 rings (SSSR count). The number of thioether (sulfide) groups is 1. The summed E-state index contributed by atoms with van der Waals surface area (Å²) in [4.78, 5) is 16.8. The van der Waals surface area contributed by atoms with Gasteiger partial charge in [0.25, 0.3) is 0 Å². The molecule has 8 heteroatoms. The number of carbonyl (C=O) groups excluding carboxylic acids is 1. The van der Waals surface area contributed by atoms with E-state index in [-0.39, 0.29) is 0 Å². The quantitative estimate of drug-likeness (QED) is 0.403. The molecule has 0 aliphatic carbocycles. The molecule has 0 bridgehead atoms. The molecule has 0 saturated carbocycles. The van der Waals surface area contributed by atoms with Gasteiger partial charge in [-0.3, -0.25) is 4.79 Å². The molecule has 0 spiro atoms. The van der Waals surface area contributed by atoms with Crippen LogP contribution in [0.1, 0.15) is 64.5 Å². The third kappa shape index (κ3) is 5.16. The number of ether oxygens (including phenoxy) is 1. The first-order chi connectivity index (χ1) is 14.5. The van der Waals surface area contributed by atoms with Crippen molar-refractivity contribution in [2.75, 3.05) is 17.7 Å². The fourth-order valence-corrected chi connectivity index (χ4v) is 4.16. The summed E-state index contributed by atoms with van der Waals surface area (Å²) in [6.45, 7) is 6.87. The van der Waals surface area contributed by atoms with Crippen LogP contribution in [0.4, 0.5) is 5.95 Å². The Balaban J connectivity index is 1.83. The minimum atomic E-state index is -0.467. The van der Waals surface area contributed by atoms with Crippen LogP contribution >= 0.6 is 11.8 Å². The summed E-state index contributed by atoms with van der Waals surface area (Å²) < 4.78 is 7.61. The second-order valence-corrected chi connectivity index (χ2v) is 8.48. The highest BCUT2D eigenvalue weighted by Gasteiger charge is 2.33. The number of nitrogens with two attached hydrogens (primary N) is 1. The van der Waals surface area contributed by atoms with E-state index in [1.54, 1.807) is 16.4 Å². The van der Waals surface area contributed by atoms with Gasteiger partial charge in [-0.25, -0.2) is 4.68 Å². The number of unbranched alkanes of at least 4 members (excludes halogenated alkanes) is 3. The van der Waals surface area contributed by atoms with E-state index in [0.717, 1.165) is 29.9 Å². The van der Waals surface area contributed by atoms with Crippen molar-refractivity contribution >= 4 is 23.6 Å². The summed E-state index contributed by atoms with van der Waals surface area (Å²) in [5.41, 5.74) is 7.85. The Morgan fingerprint density at radius 1 is 1.20 bits per heavy atom. The molecule has 1 unspecified atom stereocenters. The van der Waals surface area contributed by atoms with Crippen molar-refractivity contribution in [1.29, 1.82) is 0 Å². The van der Waals surface area contributed by atoms with Gasteiger partial charge >= 0.3 is 0 Å². The maximum Gasteiger partial charge on any atom is 0.248 e. The zero-order valence-electron chi connectivity index (χ0n) is 18.0. The highest BCUT2D eigenvalue weighted by atomic mass is 32.2. The van der Waals surface area contributed by atoms with Gasteiger partial charge in [-0.05, 0) is 37.5 Å². The van der Waals surface area contributed by atoms with E-state index in [0.29, 0.717) is 29.0 Å². The van der Waals surface area contributed by atoms with E-state index in [9.17, 15) is 4.79 Å². The first-order valence-corrected chi connectivity index (χ1v) is 11.6. The van der Waals surface area contributed by atoms with Gasteiger partial charge < -0.3 is 15.8 Å². The first-order valence-electron chi connectivity index (χ1n) is 10.6. The minimum absolute atomic E-state index is 0.416. The molecule has 162 valence electrons. The topological polar surface area (TPSA) is 95.1 Å². The third-order valence-corrected chi connectivity index (χ3v) is 6.04. The van der Waals surface area contributed by atoms with Gasteiger partial charge in [0.15, 0.2) is 0 Å². The predicted octanol–water partition coefficient (Wildman–Crippen LogP) is 4.51. The predicted molar refractivity (Wildman–Crippen MR) is 121 cm³/mol. The molecule has 1 amide bonds. The van der Waals surface area contributed by atoms with E-state index in [4.69, 9.17) is 10.5 Å². The molecule has 0 saturated heterocycles. The summed E-state index contributed by atoms with van der Waals surface area (Å²) in [7, 11) is 0. The van der Waals surface area contributed by atoms with E-state index >= 15 is 0 Å². The van der Waals surface area contributed by atoms with E-state index in [1.807, 2.05) is 31.2 Å². The Labute approximate surface area is 182 Å². The number of rotatable bonds is 11. The van der Waals surface area contributed by atoms with Gasteiger partial charge in [0.1, 0.15) is 11.8 Å². The third-order valence-electron chi connectivity index (χ3n) is 5.00. The van der Waals surface area contributed by atoms with Crippen LogP contribution < -0.4 is 15.8 Å². The lowest BCUT2D eigenvalue weighted by molar-refractivity contribution is -0.115.